The normalized spacial score (nSPS) is 12.3. The van der Waals surface area contributed by atoms with Gasteiger partial charge in [0.25, 0.3) is 0 Å². The molecule has 0 fully saturated rings. The smallest absolute Gasteiger partial charge is 0.243 e. The second kappa shape index (κ2) is 9.10. The van der Waals surface area contributed by atoms with Crippen LogP contribution < -0.4 is 14.4 Å². The van der Waals surface area contributed by atoms with Gasteiger partial charge in [-0.1, -0.05) is 24.3 Å². The molecule has 7 heteroatoms. The Morgan fingerprint density at radius 2 is 1.89 bits per heavy atom. The Bertz CT molecular complexity index is 941. The van der Waals surface area contributed by atoms with Gasteiger partial charge in [0.05, 0.1) is 18.6 Å². The van der Waals surface area contributed by atoms with Gasteiger partial charge in [0.1, 0.15) is 11.8 Å². The summed E-state index contributed by atoms with van der Waals surface area (Å²) in [6, 6.07) is 12.1. The Hall–Kier alpha value is -2.54. The number of benzene rings is 2. The summed E-state index contributed by atoms with van der Waals surface area (Å²) in [6.45, 7) is 8.06. The maximum absolute atomic E-state index is 12.7. The van der Waals surface area contributed by atoms with E-state index in [1.54, 1.807) is 13.0 Å². The highest BCUT2D eigenvalue weighted by molar-refractivity contribution is 7.92. The summed E-state index contributed by atoms with van der Waals surface area (Å²) < 4.78 is 31.6. The lowest BCUT2D eigenvalue weighted by Crippen LogP contribution is -2.48. The second-order valence-electron chi connectivity index (χ2n) is 6.82. The summed E-state index contributed by atoms with van der Waals surface area (Å²) in [5.41, 5.74) is 3.11. The van der Waals surface area contributed by atoms with Crippen LogP contribution in [-0.4, -0.2) is 33.2 Å². The third-order valence-corrected chi connectivity index (χ3v) is 5.59. The van der Waals surface area contributed by atoms with Crippen molar-refractivity contribution in [3.05, 3.63) is 59.2 Å². The molecular formula is C21H28N2O4S. The van der Waals surface area contributed by atoms with E-state index < -0.39 is 16.1 Å². The molecule has 152 valence electrons. The van der Waals surface area contributed by atoms with Gasteiger partial charge in [-0.2, -0.15) is 0 Å². The minimum atomic E-state index is -3.65. The van der Waals surface area contributed by atoms with Gasteiger partial charge in [0.15, 0.2) is 0 Å². The molecular weight excluding hydrogens is 376 g/mol. The van der Waals surface area contributed by atoms with Crippen molar-refractivity contribution in [1.82, 2.24) is 5.32 Å². The van der Waals surface area contributed by atoms with Crippen LogP contribution in [-0.2, 0) is 21.4 Å². The third-order valence-electron chi connectivity index (χ3n) is 4.37. The van der Waals surface area contributed by atoms with Gasteiger partial charge in [-0.3, -0.25) is 9.10 Å². The average molecular weight is 405 g/mol. The van der Waals surface area contributed by atoms with Crippen molar-refractivity contribution < 1.29 is 17.9 Å². The van der Waals surface area contributed by atoms with Crippen LogP contribution in [0.15, 0.2) is 42.5 Å². The van der Waals surface area contributed by atoms with Gasteiger partial charge >= 0.3 is 0 Å². The monoisotopic (exact) mass is 404 g/mol. The predicted molar refractivity (Wildman–Crippen MR) is 112 cm³/mol. The van der Waals surface area contributed by atoms with Gasteiger partial charge in [-0.15, -0.1) is 0 Å². The van der Waals surface area contributed by atoms with E-state index in [-0.39, 0.29) is 12.5 Å². The van der Waals surface area contributed by atoms with Crippen LogP contribution in [0.4, 0.5) is 5.69 Å². The zero-order valence-corrected chi connectivity index (χ0v) is 17.8. The van der Waals surface area contributed by atoms with E-state index in [1.165, 1.54) is 4.31 Å². The number of nitrogens with zero attached hydrogens (tertiary/aromatic N) is 1. The van der Waals surface area contributed by atoms with Crippen molar-refractivity contribution in [2.24, 2.45) is 0 Å². The first-order valence-electron chi connectivity index (χ1n) is 9.19. The molecule has 0 bridgehead atoms. The number of ether oxygens (including phenoxy) is 1. The second-order valence-corrected chi connectivity index (χ2v) is 8.68. The third kappa shape index (κ3) is 5.48. The first-order valence-corrected chi connectivity index (χ1v) is 11.0. The number of nitrogens with one attached hydrogen (secondary N) is 1. The Morgan fingerprint density at radius 1 is 1.18 bits per heavy atom. The topological polar surface area (TPSA) is 75.7 Å². The number of rotatable bonds is 8. The number of aryl methyl sites for hydroxylation is 2. The largest absolute Gasteiger partial charge is 0.494 e. The zero-order valence-electron chi connectivity index (χ0n) is 17.0. The fourth-order valence-electron chi connectivity index (χ4n) is 2.99. The molecule has 0 aliphatic heterocycles. The molecule has 0 saturated carbocycles. The molecule has 2 aromatic carbocycles. The Kier molecular flexibility index (Phi) is 7.07. The first-order chi connectivity index (χ1) is 13.1. The molecule has 1 atom stereocenters. The molecule has 1 N–H and O–H groups in total. The van der Waals surface area contributed by atoms with Crippen molar-refractivity contribution in [3.63, 3.8) is 0 Å². The van der Waals surface area contributed by atoms with Crippen molar-refractivity contribution in [1.29, 1.82) is 0 Å². The van der Waals surface area contributed by atoms with E-state index in [9.17, 15) is 13.2 Å². The number of hydrogen-bond acceptors (Lipinski definition) is 4. The van der Waals surface area contributed by atoms with Crippen LogP contribution in [0.1, 0.15) is 30.5 Å². The number of sulfonamides is 1. The molecule has 6 nitrogen and oxygen atoms in total. The highest BCUT2D eigenvalue weighted by atomic mass is 32.2. The maximum atomic E-state index is 12.7. The van der Waals surface area contributed by atoms with E-state index in [2.05, 4.69) is 5.32 Å². The lowest BCUT2D eigenvalue weighted by Gasteiger charge is -2.29. The summed E-state index contributed by atoms with van der Waals surface area (Å²) in [5, 5.41) is 2.82. The van der Waals surface area contributed by atoms with Crippen LogP contribution in [0.25, 0.3) is 0 Å². The highest BCUT2D eigenvalue weighted by Crippen LogP contribution is 2.26. The quantitative estimate of drug-likeness (QED) is 0.733. The van der Waals surface area contributed by atoms with E-state index in [4.69, 9.17) is 4.74 Å². The molecule has 1 amide bonds. The number of hydrogen-bond donors (Lipinski definition) is 1. The number of carbonyl (C=O) groups excluding carboxylic acids is 1. The number of carbonyl (C=O) groups is 1. The fraction of sp³-hybridized carbons (Fsp3) is 0.381. The summed E-state index contributed by atoms with van der Waals surface area (Å²) in [4.78, 5) is 12.7. The van der Waals surface area contributed by atoms with E-state index in [0.717, 1.165) is 28.7 Å². The molecule has 2 aromatic rings. The van der Waals surface area contributed by atoms with Crippen LogP contribution in [0.3, 0.4) is 0 Å². The van der Waals surface area contributed by atoms with Crippen molar-refractivity contribution in [2.45, 2.75) is 40.3 Å². The van der Waals surface area contributed by atoms with Gasteiger partial charge in [-0.25, -0.2) is 8.42 Å². The molecule has 0 aliphatic rings. The summed E-state index contributed by atoms with van der Waals surface area (Å²) in [7, 11) is -3.65. The molecule has 0 saturated heterocycles. The Labute approximate surface area is 167 Å². The van der Waals surface area contributed by atoms with Gasteiger partial charge in [-0.05, 0) is 62.6 Å². The first kappa shape index (κ1) is 21.8. The van der Waals surface area contributed by atoms with Crippen molar-refractivity contribution >= 4 is 21.6 Å². The molecule has 0 radical (unpaired) electrons. The van der Waals surface area contributed by atoms with Gasteiger partial charge in [0, 0.05) is 6.54 Å². The summed E-state index contributed by atoms with van der Waals surface area (Å²) in [5.74, 6) is 0.364. The number of anilines is 1. The standard InChI is InChI=1S/C21H28N2O4S/c1-6-27-19-9-7-8-18(13-19)14-22-21(24)17(4)23(28(5,25)26)20-12-15(2)10-11-16(20)3/h7-13,17H,6,14H2,1-5H3,(H,22,24)/t17-/m1/s1. The summed E-state index contributed by atoms with van der Waals surface area (Å²) >= 11 is 0. The van der Waals surface area contributed by atoms with Crippen LogP contribution >= 0.6 is 0 Å². The molecule has 2 rings (SSSR count). The van der Waals surface area contributed by atoms with Gasteiger partial charge < -0.3 is 10.1 Å². The van der Waals surface area contributed by atoms with Crippen LogP contribution in [0.2, 0.25) is 0 Å². The molecule has 0 unspecified atom stereocenters. The molecule has 0 spiro atoms. The minimum absolute atomic E-state index is 0.286. The lowest BCUT2D eigenvalue weighted by atomic mass is 10.1. The molecule has 0 aliphatic carbocycles. The van der Waals surface area contributed by atoms with Crippen LogP contribution in [0.5, 0.6) is 5.75 Å². The van der Waals surface area contributed by atoms with Crippen molar-refractivity contribution in [2.75, 3.05) is 17.2 Å². The Morgan fingerprint density at radius 3 is 2.54 bits per heavy atom. The number of amides is 1. The average Bonchev–Trinajstić information content (AvgIpc) is 2.62. The fourth-order valence-corrected chi connectivity index (χ4v) is 4.21. The highest BCUT2D eigenvalue weighted by Gasteiger charge is 2.30. The van der Waals surface area contributed by atoms with E-state index in [1.807, 2.05) is 57.2 Å². The molecule has 28 heavy (non-hydrogen) atoms. The summed E-state index contributed by atoms with van der Waals surface area (Å²) in [6.07, 6.45) is 1.12. The minimum Gasteiger partial charge on any atom is -0.494 e. The zero-order chi connectivity index (χ0) is 20.9. The van der Waals surface area contributed by atoms with Gasteiger partial charge in [0.2, 0.25) is 15.9 Å². The van der Waals surface area contributed by atoms with E-state index in [0.29, 0.717) is 12.3 Å². The predicted octanol–water partition coefficient (Wildman–Crippen LogP) is 3.17. The molecule has 0 aromatic heterocycles. The SMILES string of the molecule is CCOc1cccc(CNC(=O)[C@@H](C)N(c2cc(C)ccc2C)S(C)(=O)=O)c1. The molecule has 0 heterocycles. The maximum Gasteiger partial charge on any atom is 0.243 e. The Balaban J connectivity index is 2.20. The van der Waals surface area contributed by atoms with E-state index >= 15 is 0 Å². The lowest BCUT2D eigenvalue weighted by molar-refractivity contribution is -0.122. The van der Waals surface area contributed by atoms with Crippen molar-refractivity contribution in [3.8, 4) is 5.75 Å². The van der Waals surface area contributed by atoms with Crippen LogP contribution in [0, 0.1) is 13.8 Å².